The van der Waals surface area contributed by atoms with Crippen LogP contribution < -0.4 is 10.6 Å². The maximum absolute atomic E-state index is 11.6. The van der Waals surface area contributed by atoms with Crippen molar-refractivity contribution < 1.29 is 4.79 Å². The van der Waals surface area contributed by atoms with E-state index in [0.717, 1.165) is 31.2 Å². The Hall–Kier alpha value is -1.07. The number of hydrogen-bond donors (Lipinski definition) is 2. The average molecular weight is 271 g/mol. The van der Waals surface area contributed by atoms with Crippen LogP contribution in [-0.2, 0) is 24.4 Å². The summed E-state index contributed by atoms with van der Waals surface area (Å²) >= 11 is 0. The molecule has 100 valence electrons. The van der Waals surface area contributed by atoms with Crippen LogP contribution in [0.1, 0.15) is 30.8 Å². The van der Waals surface area contributed by atoms with Crippen molar-refractivity contribution in [3.05, 3.63) is 17.7 Å². The summed E-state index contributed by atoms with van der Waals surface area (Å²) < 4.78 is 2.17. The molecule has 6 heteroatoms. The number of carbonyl (C=O) groups excluding carboxylic acids is 1. The fourth-order valence-corrected chi connectivity index (χ4v) is 2.18. The van der Waals surface area contributed by atoms with Gasteiger partial charge in [-0.15, -0.1) is 12.4 Å². The molecule has 0 radical (unpaired) electrons. The number of rotatable bonds is 4. The lowest BCUT2D eigenvalue weighted by atomic mass is 10.3. The number of fused-ring (bicyclic) bond motifs is 1. The van der Waals surface area contributed by atoms with Crippen LogP contribution in [-0.4, -0.2) is 22.0 Å². The predicted octanol–water partition coefficient (Wildman–Crippen LogP) is 0.824. The number of halogens is 1. The largest absolute Gasteiger partial charge is 0.350 e. The summed E-state index contributed by atoms with van der Waals surface area (Å²) in [5.41, 5.74) is 0.966. The van der Waals surface area contributed by atoms with Gasteiger partial charge in [0.2, 0.25) is 5.91 Å². The summed E-state index contributed by atoms with van der Waals surface area (Å²) in [6, 6.07) is 0. The topological polar surface area (TPSA) is 59.0 Å². The van der Waals surface area contributed by atoms with Gasteiger partial charge in [-0.1, -0.05) is 0 Å². The number of nitrogens with one attached hydrogen (secondary N) is 2. The van der Waals surface area contributed by atoms with Gasteiger partial charge in [0.1, 0.15) is 5.82 Å². The minimum atomic E-state index is 0. The molecule has 0 atom stereocenters. The van der Waals surface area contributed by atoms with Crippen molar-refractivity contribution in [2.24, 2.45) is 5.92 Å². The predicted molar refractivity (Wildman–Crippen MR) is 70.4 cm³/mol. The van der Waals surface area contributed by atoms with Crippen molar-refractivity contribution in [2.45, 2.75) is 38.9 Å². The fourth-order valence-electron chi connectivity index (χ4n) is 2.18. The van der Waals surface area contributed by atoms with Gasteiger partial charge in [-0.3, -0.25) is 4.79 Å². The van der Waals surface area contributed by atoms with Crippen LogP contribution in [0.3, 0.4) is 0 Å². The van der Waals surface area contributed by atoms with Gasteiger partial charge in [-0.2, -0.15) is 0 Å². The first kappa shape index (κ1) is 13.4. The maximum Gasteiger partial charge on any atom is 0.220 e. The molecule has 1 saturated carbocycles. The molecule has 2 aliphatic rings. The lowest BCUT2D eigenvalue weighted by Crippen LogP contribution is -2.27. The minimum absolute atomic E-state index is 0. The Bertz CT molecular complexity index is 404. The third kappa shape index (κ3) is 3.23. The maximum atomic E-state index is 11.6. The highest BCUT2D eigenvalue weighted by molar-refractivity contribution is 5.85. The second kappa shape index (κ2) is 5.71. The Labute approximate surface area is 113 Å². The molecule has 1 aliphatic heterocycles. The molecular formula is C12H19ClN4O. The van der Waals surface area contributed by atoms with Crippen molar-refractivity contribution in [2.75, 3.05) is 6.54 Å². The summed E-state index contributed by atoms with van der Waals surface area (Å²) in [6.07, 6.45) is 5.18. The Morgan fingerprint density at radius 1 is 1.56 bits per heavy atom. The molecular weight excluding hydrogens is 252 g/mol. The van der Waals surface area contributed by atoms with Crippen LogP contribution in [0.25, 0.3) is 0 Å². The number of nitrogens with zero attached hydrogens (tertiary/aromatic N) is 2. The van der Waals surface area contributed by atoms with Gasteiger partial charge < -0.3 is 15.2 Å². The van der Waals surface area contributed by atoms with Crippen LogP contribution in [0.5, 0.6) is 0 Å². The van der Waals surface area contributed by atoms with Crippen LogP contribution in [0.2, 0.25) is 0 Å². The van der Waals surface area contributed by atoms with E-state index in [-0.39, 0.29) is 18.3 Å². The SMILES string of the molecule is Cl.O=C(CC1CC1)NCc1cn2c(n1)CNCC2. The van der Waals surface area contributed by atoms with Crippen LogP contribution in [0.15, 0.2) is 6.20 Å². The third-order valence-corrected chi connectivity index (χ3v) is 3.36. The highest BCUT2D eigenvalue weighted by Gasteiger charge is 2.24. The molecule has 0 spiro atoms. The van der Waals surface area contributed by atoms with E-state index in [1.807, 2.05) is 6.20 Å². The smallest absolute Gasteiger partial charge is 0.220 e. The molecule has 2 N–H and O–H groups in total. The molecule has 18 heavy (non-hydrogen) atoms. The first-order chi connectivity index (χ1) is 8.31. The van der Waals surface area contributed by atoms with Crippen LogP contribution in [0, 0.1) is 5.92 Å². The highest BCUT2D eigenvalue weighted by atomic mass is 35.5. The second-order valence-corrected chi connectivity index (χ2v) is 4.94. The van der Waals surface area contributed by atoms with Gasteiger partial charge in [0.25, 0.3) is 0 Å². The highest BCUT2D eigenvalue weighted by Crippen LogP contribution is 2.32. The zero-order valence-corrected chi connectivity index (χ0v) is 11.1. The average Bonchev–Trinajstić information content (AvgIpc) is 3.03. The van der Waals surface area contributed by atoms with Gasteiger partial charge in [0.15, 0.2) is 0 Å². The van der Waals surface area contributed by atoms with Crippen molar-refractivity contribution in [3.63, 3.8) is 0 Å². The lowest BCUT2D eigenvalue weighted by molar-refractivity contribution is -0.121. The van der Waals surface area contributed by atoms with Gasteiger partial charge >= 0.3 is 0 Å². The van der Waals surface area contributed by atoms with Crippen molar-refractivity contribution >= 4 is 18.3 Å². The first-order valence-electron chi connectivity index (χ1n) is 6.33. The molecule has 1 aromatic heterocycles. The van der Waals surface area contributed by atoms with E-state index in [4.69, 9.17) is 0 Å². The molecule has 1 amide bonds. The quantitative estimate of drug-likeness (QED) is 0.852. The summed E-state index contributed by atoms with van der Waals surface area (Å²) in [6.45, 7) is 3.36. The number of hydrogen-bond acceptors (Lipinski definition) is 3. The Balaban J connectivity index is 0.00000120. The molecule has 3 rings (SSSR count). The van der Waals surface area contributed by atoms with E-state index in [2.05, 4.69) is 20.2 Å². The zero-order chi connectivity index (χ0) is 11.7. The number of amides is 1. The van der Waals surface area contributed by atoms with E-state index < -0.39 is 0 Å². The van der Waals surface area contributed by atoms with Crippen LogP contribution >= 0.6 is 12.4 Å². The van der Waals surface area contributed by atoms with Crippen molar-refractivity contribution in [1.29, 1.82) is 0 Å². The number of aromatic nitrogens is 2. The molecule has 1 aromatic rings. The zero-order valence-electron chi connectivity index (χ0n) is 10.3. The van der Waals surface area contributed by atoms with E-state index >= 15 is 0 Å². The third-order valence-electron chi connectivity index (χ3n) is 3.36. The molecule has 0 bridgehead atoms. The van der Waals surface area contributed by atoms with Crippen LogP contribution in [0.4, 0.5) is 0 Å². The number of carbonyl (C=O) groups is 1. The number of imidazole rings is 1. The second-order valence-electron chi connectivity index (χ2n) is 4.94. The Kier molecular flexibility index (Phi) is 4.24. The summed E-state index contributed by atoms with van der Waals surface area (Å²) in [5.74, 6) is 1.88. The fraction of sp³-hybridized carbons (Fsp3) is 0.667. The Morgan fingerprint density at radius 3 is 3.11 bits per heavy atom. The van der Waals surface area contributed by atoms with Gasteiger partial charge in [0.05, 0.1) is 18.8 Å². The monoisotopic (exact) mass is 270 g/mol. The summed E-state index contributed by atoms with van der Waals surface area (Å²) in [7, 11) is 0. The van der Waals surface area contributed by atoms with E-state index in [9.17, 15) is 4.79 Å². The summed E-state index contributed by atoms with van der Waals surface area (Å²) in [4.78, 5) is 16.1. The first-order valence-corrected chi connectivity index (χ1v) is 6.33. The minimum Gasteiger partial charge on any atom is -0.350 e. The molecule has 5 nitrogen and oxygen atoms in total. The van der Waals surface area contributed by atoms with Gasteiger partial charge in [-0.25, -0.2) is 4.98 Å². The molecule has 1 aliphatic carbocycles. The van der Waals surface area contributed by atoms with Crippen molar-refractivity contribution in [3.8, 4) is 0 Å². The molecule has 1 fully saturated rings. The summed E-state index contributed by atoms with van der Waals surface area (Å²) in [5, 5.41) is 6.23. The van der Waals surface area contributed by atoms with E-state index in [1.165, 1.54) is 12.8 Å². The normalized spacial score (nSPS) is 17.8. The molecule has 0 unspecified atom stereocenters. The Morgan fingerprint density at radius 2 is 2.39 bits per heavy atom. The van der Waals surface area contributed by atoms with E-state index in [0.29, 0.717) is 18.9 Å². The standard InChI is InChI=1S/C12H18N4O.ClH/c17-12(5-9-1-2-9)14-6-10-8-16-4-3-13-7-11(16)15-10;/h8-9,13H,1-7H2,(H,14,17);1H. The molecule has 0 aromatic carbocycles. The lowest BCUT2D eigenvalue weighted by Gasteiger charge is -2.13. The molecule has 2 heterocycles. The van der Waals surface area contributed by atoms with Gasteiger partial charge in [0, 0.05) is 25.7 Å². The van der Waals surface area contributed by atoms with Gasteiger partial charge in [-0.05, 0) is 18.8 Å². The van der Waals surface area contributed by atoms with E-state index in [1.54, 1.807) is 0 Å². The molecule has 0 saturated heterocycles. The van der Waals surface area contributed by atoms with Crippen molar-refractivity contribution in [1.82, 2.24) is 20.2 Å².